The van der Waals surface area contributed by atoms with Crippen molar-refractivity contribution in [3.05, 3.63) is 52.8 Å². The van der Waals surface area contributed by atoms with Crippen LogP contribution in [0.5, 0.6) is 0 Å². The smallest absolute Gasteiger partial charge is 0.219 e. The number of carbonyl (C=O) groups excluding carboxylic acids is 1. The third-order valence-corrected chi connectivity index (χ3v) is 3.87. The van der Waals surface area contributed by atoms with Gasteiger partial charge in [-0.15, -0.1) is 0 Å². The fourth-order valence-corrected chi connectivity index (χ4v) is 2.83. The molecule has 110 valence electrons. The quantitative estimate of drug-likeness (QED) is 0.860. The van der Waals surface area contributed by atoms with E-state index < -0.39 is 0 Å². The summed E-state index contributed by atoms with van der Waals surface area (Å²) in [6.45, 7) is 2.39. The van der Waals surface area contributed by atoms with Crippen LogP contribution in [-0.2, 0) is 30.7 Å². The monoisotopic (exact) mass is 284 g/mol. The SMILES string of the molecule is NC(=O)CCn1nc(Cc2ccccc2)c2c1CCNC2. The van der Waals surface area contributed by atoms with Gasteiger partial charge in [0.2, 0.25) is 5.91 Å². The Morgan fingerprint density at radius 3 is 2.90 bits per heavy atom. The Balaban J connectivity index is 1.87. The number of fused-ring (bicyclic) bond motifs is 1. The molecule has 5 nitrogen and oxygen atoms in total. The summed E-state index contributed by atoms with van der Waals surface area (Å²) >= 11 is 0. The van der Waals surface area contributed by atoms with E-state index in [0.29, 0.717) is 13.0 Å². The summed E-state index contributed by atoms with van der Waals surface area (Å²) in [7, 11) is 0. The molecule has 1 aromatic heterocycles. The van der Waals surface area contributed by atoms with Crippen LogP contribution in [0.15, 0.2) is 30.3 Å². The number of amides is 1. The van der Waals surface area contributed by atoms with Gasteiger partial charge in [-0.2, -0.15) is 5.10 Å². The van der Waals surface area contributed by atoms with Crippen molar-refractivity contribution in [2.24, 2.45) is 5.73 Å². The van der Waals surface area contributed by atoms with Crippen molar-refractivity contribution in [2.75, 3.05) is 6.54 Å². The van der Waals surface area contributed by atoms with Crippen molar-refractivity contribution in [3.63, 3.8) is 0 Å². The highest BCUT2D eigenvalue weighted by Crippen LogP contribution is 2.21. The third kappa shape index (κ3) is 3.13. The van der Waals surface area contributed by atoms with Gasteiger partial charge in [-0.1, -0.05) is 30.3 Å². The number of nitrogens with zero attached hydrogens (tertiary/aromatic N) is 2. The highest BCUT2D eigenvalue weighted by atomic mass is 16.1. The molecule has 1 aliphatic heterocycles. The molecule has 0 bridgehead atoms. The first-order chi connectivity index (χ1) is 10.2. The minimum absolute atomic E-state index is 0.280. The van der Waals surface area contributed by atoms with Gasteiger partial charge >= 0.3 is 0 Å². The number of aryl methyl sites for hydroxylation is 1. The van der Waals surface area contributed by atoms with E-state index in [1.165, 1.54) is 16.8 Å². The van der Waals surface area contributed by atoms with Gasteiger partial charge in [0.25, 0.3) is 0 Å². The van der Waals surface area contributed by atoms with Gasteiger partial charge in [-0.25, -0.2) is 0 Å². The molecule has 2 heterocycles. The second-order valence-electron chi connectivity index (χ2n) is 5.40. The predicted octanol–water partition coefficient (Wildman–Crippen LogP) is 0.995. The van der Waals surface area contributed by atoms with Gasteiger partial charge in [-0.3, -0.25) is 9.48 Å². The lowest BCUT2D eigenvalue weighted by Gasteiger charge is -2.15. The largest absolute Gasteiger partial charge is 0.370 e. The molecule has 0 saturated carbocycles. The number of benzene rings is 1. The fraction of sp³-hybridized carbons (Fsp3) is 0.375. The molecule has 0 radical (unpaired) electrons. The van der Waals surface area contributed by atoms with Gasteiger partial charge in [0, 0.05) is 50.2 Å². The second kappa shape index (κ2) is 6.10. The summed E-state index contributed by atoms with van der Waals surface area (Å²) in [5.41, 5.74) is 10.2. The summed E-state index contributed by atoms with van der Waals surface area (Å²) < 4.78 is 1.97. The Labute approximate surface area is 124 Å². The number of hydrogen-bond donors (Lipinski definition) is 2. The maximum absolute atomic E-state index is 11.0. The van der Waals surface area contributed by atoms with E-state index in [1.807, 2.05) is 22.9 Å². The lowest BCUT2D eigenvalue weighted by molar-refractivity contribution is -0.118. The van der Waals surface area contributed by atoms with E-state index in [0.717, 1.165) is 31.6 Å². The minimum Gasteiger partial charge on any atom is -0.370 e. The molecule has 3 N–H and O–H groups in total. The van der Waals surface area contributed by atoms with Crippen LogP contribution in [0.4, 0.5) is 0 Å². The number of aromatic nitrogens is 2. The van der Waals surface area contributed by atoms with Crippen LogP contribution in [0.2, 0.25) is 0 Å². The van der Waals surface area contributed by atoms with Crippen LogP contribution in [0, 0.1) is 0 Å². The molecule has 0 atom stereocenters. The zero-order valence-corrected chi connectivity index (χ0v) is 12.0. The lowest BCUT2D eigenvalue weighted by atomic mass is 10.0. The van der Waals surface area contributed by atoms with Crippen LogP contribution in [-0.4, -0.2) is 22.2 Å². The van der Waals surface area contributed by atoms with Crippen LogP contribution >= 0.6 is 0 Å². The fourth-order valence-electron chi connectivity index (χ4n) is 2.83. The number of nitrogens with one attached hydrogen (secondary N) is 1. The molecule has 0 saturated heterocycles. The molecule has 2 aromatic rings. The summed E-state index contributed by atoms with van der Waals surface area (Å²) in [6, 6.07) is 10.3. The summed E-state index contributed by atoms with van der Waals surface area (Å²) in [5, 5.41) is 8.13. The highest BCUT2D eigenvalue weighted by Gasteiger charge is 2.20. The standard InChI is InChI=1S/C16H20N4O/c17-16(21)7-9-20-15-6-8-18-11-13(15)14(19-20)10-12-4-2-1-3-5-12/h1-5,18H,6-11H2,(H2,17,21). The Morgan fingerprint density at radius 2 is 2.14 bits per heavy atom. The lowest BCUT2D eigenvalue weighted by Crippen LogP contribution is -2.25. The maximum atomic E-state index is 11.0. The average Bonchev–Trinajstić information content (AvgIpc) is 2.85. The van der Waals surface area contributed by atoms with Crippen molar-refractivity contribution in [1.29, 1.82) is 0 Å². The Morgan fingerprint density at radius 1 is 1.33 bits per heavy atom. The average molecular weight is 284 g/mol. The van der Waals surface area contributed by atoms with Crippen molar-refractivity contribution in [1.82, 2.24) is 15.1 Å². The van der Waals surface area contributed by atoms with Gasteiger partial charge in [0.1, 0.15) is 0 Å². The minimum atomic E-state index is -0.280. The molecule has 3 rings (SSSR count). The van der Waals surface area contributed by atoms with Crippen molar-refractivity contribution >= 4 is 5.91 Å². The van der Waals surface area contributed by atoms with E-state index in [9.17, 15) is 4.79 Å². The number of rotatable bonds is 5. The molecule has 21 heavy (non-hydrogen) atoms. The predicted molar refractivity (Wildman–Crippen MR) is 80.7 cm³/mol. The number of nitrogens with two attached hydrogens (primary N) is 1. The Bertz CT molecular complexity index is 633. The summed E-state index contributed by atoms with van der Waals surface area (Å²) in [4.78, 5) is 11.0. The molecule has 0 spiro atoms. The van der Waals surface area contributed by atoms with E-state index in [-0.39, 0.29) is 5.91 Å². The van der Waals surface area contributed by atoms with Gasteiger partial charge in [0.05, 0.1) is 5.69 Å². The molecule has 5 heteroatoms. The van der Waals surface area contributed by atoms with Crippen molar-refractivity contribution in [3.8, 4) is 0 Å². The van der Waals surface area contributed by atoms with Crippen LogP contribution in [0.3, 0.4) is 0 Å². The second-order valence-corrected chi connectivity index (χ2v) is 5.40. The van der Waals surface area contributed by atoms with E-state index in [4.69, 9.17) is 10.8 Å². The normalized spacial score (nSPS) is 13.9. The molecular weight excluding hydrogens is 264 g/mol. The van der Waals surface area contributed by atoms with Crippen LogP contribution < -0.4 is 11.1 Å². The molecule has 1 aromatic carbocycles. The number of carbonyl (C=O) groups is 1. The maximum Gasteiger partial charge on any atom is 0.219 e. The zero-order chi connectivity index (χ0) is 14.7. The number of hydrogen-bond acceptors (Lipinski definition) is 3. The van der Waals surface area contributed by atoms with E-state index >= 15 is 0 Å². The molecule has 1 amide bonds. The molecular formula is C16H20N4O. The van der Waals surface area contributed by atoms with Crippen LogP contribution in [0.1, 0.15) is 28.9 Å². The van der Waals surface area contributed by atoms with Gasteiger partial charge in [0.15, 0.2) is 0 Å². The van der Waals surface area contributed by atoms with Gasteiger partial charge in [-0.05, 0) is 5.56 Å². The molecule has 1 aliphatic rings. The molecule has 0 fully saturated rings. The summed E-state index contributed by atoms with van der Waals surface area (Å²) in [6.07, 6.45) is 2.12. The zero-order valence-electron chi connectivity index (χ0n) is 12.0. The highest BCUT2D eigenvalue weighted by molar-refractivity contribution is 5.73. The molecule has 0 unspecified atom stereocenters. The summed E-state index contributed by atoms with van der Waals surface area (Å²) in [5.74, 6) is -0.280. The Kier molecular flexibility index (Phi) is 4.01. The topological polar surface area (TPSA) is 72.9 Å². The van der Waals surface area contributed by atoms with Crippen LogP contribution in [0.25, 0.3) is 0 Å². The van der Waals surface area contributed by atoms with Crippen molar-refractivity contribution < 1.29 is 4.79 Å². The third-order valence-electron chi connectivity index (χ3n) is 3.87. The van der Waals surface area contributed by atoms with E-state index in [2.05, 4.69) is 17.4 Å². The first-order valence-corrected chi connectivity index (χ1v) is 7.34. The van der Waals surface area contributed by atoms with E-state index in [1.54, 1.807) is 0 Å². The van der Waals surface area contributed by atoms with Gasteiger partial charge < -0.3 is 11.1 Å². The number of primary amides is 1. The van der Waals surface area contributed by atoms with Crippen molar-refractivity contribution in [2.45, 2.75) is 32.4 Å². The Hall–Kier alpha value is -2.14. The molecule has 0 aliphatic carbocycles. The first kappa shape index (κ1) is 13.8. The first-order valence-electron chi connectivity index (χ1n) is 7.34.